The molecule has 6 rings (SSSR count). The molecule has 11 heteroatoms. The van der Waals surface area contributed by atoms with E-state index in [4.69, 9.17) is 20.0 Å². The van der Waals surface area contributed by atoms with Gasteiger partial charge in [0.15, 0.2) is 11.5 Å². The number of nitrogens with one attached hydrogen (secondary N) is 1. The second-order valence-electron chi connectivity index (χ2n) is 8.90. The molecular formula is C24H26N6O4S. The van der Waals surface area contributed by atoms with Crippen LogP contribution in [0.5, 0.6) is 11.5 Å². The summed E-state index contributed by atoms with van der Waals surface area (Å²) in [5.41, 5.74) is 7.83. The average Bonchev–Trinajstić information content (AvgIpc) is 3.24. The Labute approximate surface area is 206 Å². The summed E-state index contributed by atoms with van der Waals surface area (Å²) < 4.78 is 11.0. The smallest absolute Gasteiger partial charge is 0.261 e. The summed E-state index contributed by atoms with van der Waals surface area (Å²) in [6.45, 7) is 3.61. The normalized spacial score (nSPS) is 17.8. The van der Waals surface area contributed by atoms with E-state index < -0.39 is 0 Å². The third-order valence-corrected chi connectivity index (χ3v) is 7.30. The van der Waals surface area contributed by atoms with Gasteiger partial charge < -0.3 is 25.4 Å². The first-order chi connectivity index (χ1) is 17.1. The fourth-order valence-corrected chi connectivity index (χ4v) is 5.22. The number of nitrogens with zero attached hydrogens (tertiary/aromatic N) is 4. The summed E-state index contributed by atoms with van der Waals surface area (Å²) >= 11 is 1.29. The van der Waals surface area contributed by atoms with Crippen LogP contribution in [-0.4, -0.2) is 65.6 Å². The van der Waals surface area contributed by atoms with Crippen LogP contribution in [-0.2, 0) is 4.84 Å². The fraction of sp³-hybridized carbons (Fsp3) is 0.417. The topological polar surface area (TPSA) is 124 Å². The SMILES string of the molecule is Nc1nc(C(=NOCCN2CCCC2)c2ccc3c(c2)OCO3)c2cc(C(=O)NC3CC3)sc2n1. The van der Waals surface area contributed by atoms with Crippen LogP contribution < -0.4 is 20.5 Å². The minimum atomic E-state index is -0.108. The molecule has 3 aliphatic rings. The highest BCUT2D eigenvalue weighted by Gasteiger charge is 2.26. The highest BCUT2D eigenvalue weighted by atomic mass is 32.1. The number of oxime groups is 1. The number of thiophene rings is 1. The lowest BCUT2D eigenvalue weighted by molar-refractivity contribution is 0.0955. The molecule has 0 radical (unpaired) electrons. The Hall–Kier alpha value is -3.44. The summed E-state index contributed by atoms with van der Waals surface area (Å²) in [5.74, 6) is 1.29. The van der Waals surface area contributed by atoms with Gasteiger partial charge in [-0.15, -0.1) is 11.3 Å². The number of carbonyl (C=O) groups excluding carboxylic acids is 1. The minimum absolute atomic E-state index is 0.106. The predicted molar refractivity (Wildman–Crippen MR) is 132 cm³/mol. The number of hydrogen-bond donors (Lipinski definition) is 2. The Balaban J connectivity index is 1.36. The predicted octanol–water partition coefficient (Wildman–Crippen LogP) is 2.76. The molecule has 35 heavy (non-hydrogen) atoms. The Morgan fingerprint density at radius 1 is 1.20 bits per heavy atom. The maximum atomic E-state index is 12.7. The summed E-state index contributed by atoms with van der Waals surface area (Å²) in [6.07, 6.45) is 4.48. The van der Waals surface area contributed by atoms with Gasteiger partial charge in [-0.25, -0.2) is 9.97 Å². The Kier molecular flexibility index (Phi) is 5.86. The van der Waals surface area contributed by atoms with E-state index in [9.17, 15) is 4.79 Å². The molecule has 2 aromatic heterocycles. The lowest BCUT2D eigenvalue weighted by atomic mass is 10.0. The molecule has 3 N–H and O–H groups in total. The van der Waals surface area contributed by atoms with Crippen molar-refractivity contribution in [2.24, 2.45) is 5.16 Å². The molecule has 1 saturated carbocycles. The number of rotatable bonds is 8. The summed E-state index contributed by atoms with van der Waals surface area (Å²) in [7, 11) is 0. The number of aromatic nitrogens is 2. The molecule has 1 aliphatic carbocycles. The monoisotopic (exact) mass is 494 g/mol. The van der Waals surface area contributed by atoms with Crippen molar-refractivity contribution in [1.29, 1.82) is 0 Å². The first kappa shape index (κ1) is 22.1. The van der Waals surface area contributed by atoms with Crippen molar-refractivity contribution in [3.8, 4) is 11.5 Å². The number of carbonyl (C=O) groups is 1. The standard InChI is InChI=1S/C24H26N6O4S/c25-24-27-21(16-12-19(35-23(16)28-24)22(31)26-15-4-5-15)20(29-34-10-9-30-7-1-2-8-30)14-3-6-17-18(11-14)33-13-32-17/h3,6,11-12,15H,1-2,4-5,7-10,13H2,(H,26,31)(H2,25,27,28). The van der Waals surface area contributed by atoms with E-state index >= 15 is 0 Å². The molecule has 4 heterocycles. The number of nitrogens with two attached hydrogens (primary N) is 1. The van der Waals surface area contributed by atoms with Gasteiger partial charge in [0.25, 0.3) is 5.91 Å². The van der Waals surface area contributed by atoms with Crippen molar-refractivity contribution in [1.82, 2.24) is 20.2 Å². The summed E-state index contributed by atoms with van der Waals surface area (Å²) in [6, 6.07) is 7.63. The summed E-state index contributed by atoms with van der Waals surface area (Å²) in [5, 5.41) is 8.23. The molecule has 0 spiro atoms. The third-order valence-electron chi connectivity index (χ3n) is 6.27. The van der Waals surface area contributed by atoms with Gasteiger partial charge in [0, 0.05) is 23.5 Å². The van der Waals surface area contributed by atoms with Crippen LogP contribution in [0.2, 0.25) is 0 Å². The maximum absolute atomic E-state index is 12.7. The molecule has 0 unspecified atom stereocenters. The van der Waals surface area contributed by atoms with Gasteiger partial charge in [0.2, 0.25) is 12.7 Å². The van der Waals surface area contributed by atoms with Crippen molar-refractivity contribution in [3.05, 3.63) is 40.4 Å². The number of benzene rings is 1. The number of nitrogen functional groups attached to an aromatic ring is 1. The van der Waals surface area contributed by atoms with E-state index in [2.05, 4.69) is 25.3 Å². The van der Waals surface area contributed by atoms with Gasteiger partial charge in [0.1, 0.15) is 22.8 Å². The number of amides is 1. The third kappa shape index (κ3) is 4.73. The van der Waals surface area contributed by atoms with E-state index in [1.807, 2.05) is 18.2 Å². The highest BCUT2D eigenvalue weighted by molar-refractivity contribution is 7.20. The number of hydrogen-bond acceptors (Lipinski definition) is 10. The van der Waals surface area contributed by atoms with Crippen LogP contribution in [0.25, 0.3) is 10.2 Å². The zero-order valence-corrected chi connectivity index (χ0v) is 20.0. The molecule has 2 fully saturated rings. The second kappa shape index (κ2) is 9.31. The number of fused-ring (bicyclic) bond motifs is 2. The largest absolute Gasteiger partial charge is 0.454 e. The van der Waals surface area contributed by atoms with Crippen molar-refractivity contribution in [2.75, 3.05) is 38.8 Å². The first-order valence-electron chi connectivity index (χ1n) is 11.8. The molecule has 10 nitrogen and oxygen atoms in total. The zero-order valence-electron chi connectivity index (χ0n) is 19.2. The highest BCUT2D eigenvalue weighted by Crippen LogP contribution is 2.35. The molecule has 1 amide bonds. The molecule has 2 aliphatic heterocycles. The summed E-state index contributed by atoms with van der Waals surface area (Å²) in [4.78, 5) is 30.9. The molecule has 182 valence electrons. The van der Waals surface area contributed by atoms with Crippen LogP contribution in [0.3, 0.4) is 0 Å². The van der Waals surface area contributed by atoms with Gasteiger partial charge in [-0.2, -0.15) is 0 Å². The van der Waals surface area contributed by atoms with E-state index in [1.54, 1.807) is 6.07 Å². The van der Waals surface area contributed by atoms with Crippen LogP contribution in [0, 0.1) is 0 Å². The Morgan fingerprint density at radius 3 is 2.86 bits per heavy atom. The Bertz CT molecular complexity index is 1300. The van der Waals surface area contributed by atoms with Gasteiger partial charge in [0.05, 0.1) is 4.88 Å². The number of ether oxygens (including phenoxy) is 2. The van der Waals surface area contributed by atoms with Crippen LogP contribution in [0.4, 0.5) is 5.95 Å². The second-order valence-corrected chi connectivity index (χ2v) is 9.93. The van der Waals surface area contributed by atoms with Crippen LogP contribution >= 0.6 is 11.3 Å². The van der Waals surface area contributed by atoms with Gasteiger partial charge >= 0.3 is 0 Å². The molecule has 3 aromatic rings. The Morgan fingerprint density at radius 2 is 2.03 bits per heavy atom. The molecule has 1 saturated heterocycles. The lowest BCUT2D eigenvalue weighted by Gasteiger charge is -2.14. The molecule has 0 bridgehead atoms. The van der Waals surface area contributed by atoms with Crippen LogP contribution in [0.15, 0.2) is 29.4 Å². The van der Waals surface area contributed by atoms with E-state index in [0.29, 0.717) is 44.6 Å². The minimum Gasteiger partial charge on any atom is -0.454 e. The molecule has 1 aromatic carbocycles. The fourth-order valence-electron chi connectivity index (χ4n) is 4.28. The van der Waals surface area contributed by atoms with E-state index in [-0.39, 0.29) is 24.7 Å². The number of anilines is 1. The zero-order chi connectivity index (χ0) is 23.8. The van der Waals surface area contributed by atoms with Gasteiger partial charge in [-0.3, -0.25) is 9.69 Å². The first-order valence-corrected chi connectivity index (χ1v) is 12.7. The van der Waals surface area contributed by atoms with E-state index in [1.165, 1.54) is 24.2 Å². The van der Waals surface area contributed by atoms with Crippen molar-refractivity contribution in [3.63, 3.8) is 0 Å². The maximum Gasteiger partial charge on any atom is 0.261 e. The lowest BCUT2D eigenvalue weighted by Crippen LogP contribution is -2.24. The molecular weight excluding hydrogens is 468 g/mol. The van der Waals surface area contributed by atoms with Crippen molar-refractivity contribution < 1.29 is 19.1 Å². The van der Waals surface area contributed by atoms with Crippen molar-refractivity contribution in [2.45, 2.75) is 31.7 Å². The van der Waals surface area contributed by atoms with E-state index in [0.717, 1.165) is 38.0 Å². The van der Waals surface area contributed by atoms with Gasteiger partial charge in [-0.05, 0) is 63.0 Å². The average molecular weight is 495 g/mol. The molecule has 0 atom stereocenters. The van der Waals surface area contributed by atoms with Crippen LogP contribution in [0.1, 0.15) is 46.6 Å². The quantitative estimate of drug-likeness (QED) is 0.278. The van der Waals surface area contributed by atoms with Gasteiger partial charge in [-0.1, -0.05) is 5.16 Å². The number of likely N-dealkylation sites (tertiary alicyclic amines) is 1. The van der Waals surface area contributed by atoms with Crippen molar-refractivity contribution >= 4 is 39.1 Å².